The topological polar surface area (TPSA) is 21.3 Å². The van der Waals surface area contributed by atoms with Crippen molar-refractivity contribution in [1.82, 2.24) is 5.32 Å². The second-order valence-electron chi connectivity index (χ2n) is 8.87. The largest absolute Gasteiger partial charge is 0.494 e. The molecular formula is C28H32FNO. The molecule has 0 saturated heterocycles. The fourth-order valence-electron chi connectivity index (χ4n) is 4.92. The van der Waals surface area contributed by atoms with E-state index in [4.69, 9.17) is 4.74 Å². The quantitative estimate of drug-likeness (QED) is 0.494. The Labute approximate surface area is 185 Å². The Bertz CT molecular complexity index is 1060. The number of fused-ring (bicyclic) bond motifs is 1. The van der Waals surface area contributed by atoms with Gasteiger partial charge in [-0.2, -0.15) is 0 Å². The molecule has 0 spiro atoms. The molecule has 3 unspecified atom stereocenters. The molecule has 162 valence electrons. The van der Waals surface area contributed by atoms with Crippen molar-refractivity contribution in [2.24, 2.45) is 5.92 Å². The smallest absolute Gasteiger partial charge is 0.165 e. The fourth-order valence-corrected chi connectivity index (χ4v) is 4.92. The van der Waals surface area contributed by atoms with Gasteiger partial charge in [0, 0.05) is 12.0 Å². The van der Waals surface area contributed by atoms with Crippen LogP contribution in [0.3, 0.4) is 0 Å². The number of hydrogen-bond acceptors (Lipinski definition) is 2. The molecule has 0 heterocycles. The van der Waals surface area contributed by atoms with Crippen LogP contribution in [0, 0.1) is 25.6 Å². The van der Waals surface area contributed by atoms with Crippen molar-refractivity contribution in [2.45, 2.75) is 45.6 Å². The highest BCUT2D eigenvalue weighted by molar-refractivity contribution is 5.45. The maximum absolute atomic E-state index is 13.8. The average Bonchev–Trinajstić information content (AvgIpc) is 2.79. The Balaban J connectivity index is 1.53. The lowest BCUT2D eigenvalue weighted by molar-refractivity contribution is 0.376. The van der Waals surface area contributed by atoms with E-state index in [1.165, 1.54) is 41.0 Å². The van der Waals surface area contributed by atoms with Crippen molar-refractivity contribution in [1.29, 1.82) is 0 Å². The van der Waals surface area contributed by atoms with Gasteiger partial charge in [0.05, 0.1) is 7.11 Å². The van der Waals surface area contributed by atoms with E-state index in [0.29, 0.717) is 17.6 Å². The third kappa shape index (κ3) is 4.52. The van der Waals surface area contributed by atoms with E-state index in [0.717, 1.165) is 24.9 Å². The summed E-state index contributed by atoms with van der Waals surface area (Å²) < 4.78 is 18.9. The Hall–Kier alpha value is -2.65. The first-order valence-electron chi connectivity index (χ1n) is 11.2. The lowest BCUT2D eigenvalue weighted by Crippen LogP contribution is -2.31. The van der Waals surface area contributed by atoms with E-state index in [1.807, 2.05) is 6.07 Å². The van der Waals surface area contributed by atoms with Crippen LogP contribution in [0.25, 0.3) is 0 Å². The number of methoxy groups -OCH3 is 1. The third-order valence-corrected chi connectivity index (χ3v) is 6.92. The van der Waals surface area contributed by atoms with Crippen LogP contribution in [0.2, 0.25) is 0 Å². The zero-order chi connectivity index (χ0) is 22.0. The summed E-state index contributed by atoms with van der Waals surface area (Å²) in [6.45, 7) is 7.51. The number of rotatable bonds is 6. The SMILES string of the molecule is COc1cc(C(C)NCC2Cc3ccccc3C(c3cccc(C)c3C)C2)ccc1F. The highest BCUT2D eigenvalue weighted by Crippen LogP contribution is 2.40. The molecule has 0 fully saturated rings. The van der Waals surface area contributed by atoms with E-state index < -0.39 is 0 Å². The summed E-state index contributed by atoms with van der Waals surface area (Å²) in [6, 6.07) is 20.8. The van der Waals surface area contributed by atoms with E-state index in [-0.39, 0.29) is 11.9 Å². The predicted octanol–water partition coefficient (Wildman–Crippen LogP) is 6.50. The molecule has 0 radical (unpaired) electrons. The number of aryl methyl sites for hydroxylation is 1. The van der Waals surface area contributed by atoms with Gasteiger partial charge in [0.2, 0.25) is 0 Å². The molecule has 3 heteroatoms. The molecule has 0 aliphatic heterocycles. The summed E-state index contributed by atoms with van der Waals surface area (Å²) in [5, 5.41) is 3.69. The third-order valence-electron chi connectivity index (χ3n) is 6.92. The standard InChI is InChI=1S/C28H32FNO/c1-18-8-7-11-24(19(18)2)26-15-21(14-23-9-5-6-10-25(23)26)17-30-20(3)22-12-13-27(29)28(16-22)31-4/h5-13,16,20-21,26,30H,14-15,17H2,1-4H3. The monoisotopic (exact) mass is 417 g/mol. The molecule has 3 aromatic rings. The van der Waals surface area contributed by atoms with Gasteiger partial charge < -0.3 is 10.1 Å². The van der Waals surface area contributed by atoms with Gasteiger partial charge >= 0.3 is 0 Å². The first-order valence-corrected chi connectivity index (χ1v) is 11.2. The van der Waals surface area contributed by atoms with Crippen molar-refractivity contribution >= 4 is 0 Å². The average molecular weight is 418 g/mol. The highest BCUT2D eigenvalue weighted by atomic mass is 19.1. The molecule has 3 aromatic carbocycles. The number of ether oxygens (including phenoxy) is 1. The summed E-state index contributed by atoms with van der Waals surface area (Å²) in [7, 11) is 1.51. The minimum Gasteiger partial charge on any atom is -0.494 e. The lowest BCUT2D eigenvalue weighted by atomic mass is 9.72. The molecule has 0 saturated carbocycles. The van der Waals surface area contributed by atoms with Crippen molar-refractivity contribution in [3.05, 3.63) is 99.9 Å². The van der Waals surface area contributed by atoms with Crippen LogP contribution < -0.4 is 10.1 Å². The summed E-state index contributed by atoms with van der Waals surface area (Å²) in [5.74, 6) is 0.953. The molecule has 2 nitrogen and oxygen atoms in total. The first kappa shape index (κ1) is 21.6. The number of benzene rings is 3. The van der Waals surface area contributed by atoms with Gasteiger partial charge in [0.1, 0.15) is 0 Å². The molecule has 0 amide bonds. The van der Waals surface area contributed by atoms with Crippen molar-refractivity contribution in [2.75, 3.05) is 13.7 Å². The normalized spacial score (nSPS) is 19.0. The van der Waals surface area contributed by atoms with Gasteiger partial charge in [-0.3, -0.25) is 0 Å². The zero-order valence-electron chi connectivity index (χ0n) is 18.9. The summed E-state index contributed by atoms with van der Waals surface area (Å²) in [4.78, 5) is 0. The Kier molecular flexibility index (Phi) is 6.43. The second-order valence-corrected chi connectivity index (χ2v) is 8.87. The maximum Gasteiger partial charge on any atom is 0.165 e. The minimum absolute atomic E-state index is 0.130. The fraction of sp³-hybridized carbons (Fsp3) is 0.357. The van der Waals surface area contributed by atoms with E-state index in [2.05, 4.69) is 68.6 Å². The van der Waals surface area contributed by atoms with E-state index in [9.17, 15) is 4.39 Å². The van der Waals surface area contributed by atoms with Crippen LogP contribution in [-0.4, -0.2) is 13.7 Å². The van der Waals surface area contributed by atoms with Crippen LogP contribution in [0.15, 0.2) is 60.7 Å². The Morgan fingerprint density at radius 1 is 1.03 bits per heavy atom. The molecule has 0 aromatic heterocycles. The summed E-state index contributed by atoms with van der Waals surface area (Å²) >= 11 is 0. The van der Waals surface area contributed by atoms with Crippen LogP contribution in [0.1, 0.15) is 58.7 Å². The van der Waals surface area contributed by atoms with Crippen molar-refractivity contribution in [3.8, 4) is 5.75 Å². The van der Waals surface area contributed by atoms with E-state index >= 15 is 0 Å². The predicted molar refractivity (Wildman–Crippen MR) is 125 cm³/mol. The van der Waals surface area contributed by atoms with Gasteiger partial charge in [-0.1, -0.05) is 48.5 Å². The van der Waals surface area contributed by atoms with Crippen molar-refractivity contribution in [3.63, 3.8) is 0 Å². The molecule has 4 rings (SSSR count). The zero-order valence-corrected chi connectivity index (χ0v) is 18.9. The van der Waals surface area contributed by atoms with Gasteiger partial charge in [-0.05, 0) is 91.6 Å². The van der Waals surface area contributed by atoms with Crippen molar-refractivity contribution < 1.29 is 9.13 Å². The molecule has 0 bridgehead atoms. The van der Waals surface area contributed by atoms with Crippen LogP contribution in [-0.2, 0) is 6.42 Å². The van der Waals surface area contributed by atoms with Gasteiger partial charge in [0.15, 0.2) is 11.6 Å². The Morgan fingerprint density at radius 3 is 2.61 bits per heavy atom. The minimum atomic E-state index is -0.321. The maximum atomic E-state index is 13.8. The molecule has 31 heavy (non-hydrogen) atoms. The molecular weight excluding hydrogens is 385 g/mol. The molecule has 1 N–H and O–H groups in total. The molecule has 1 aliphatic rings. The molecule has 3 atom stereocenters. The van der Waals surface area contributed by atoms with Crippen LogP contribution >= 0.6 is 0 Å². The van der Waals surface area contributed by atoms with Gasteiger partial charge in [-0.25, -0.2) is 4.39 Å². The number of hydrogen-bond donors (Lipinski definition) is 1. The van der Waals surface area contributed by atoms with Gasteiger partial charge in [-0.15, -0.1) is 0 Å². The van der Waals surface area contributed by atoms with Crippen LogP contribution in [0.4, 0.5) is 4.39 Å². The second kappa shape index (κ2) is 9.23. The lowest BCUT2D eigenvalue weighted by Gasteiger charge is -2.34. The van der Waals surface area contributed by atoms with Gasteiger partial charge in [0.25, 0.3) is 0 Å². The first-order chi connectivity index (χ1) is 15.0. The van der Waals surface area contributed by atoms with Crippen LogP contribution in [0.5, 0.6) is 5.75 Å². The summed E-state index contributed by atoms with van der Waals surface area (Å²) in [6.07, 6.45) is 2.22. The number of nitrogens with one attached hydrogen (secondary N) is 1. The number of halogens is 1. The van der Waals surface area contributed by atoms with E-state index in [1.54, 1.807) is 6.07 Å². The highest BCUT2D eigenvalue weighted by Gasteiger charge is 2.29. The molecule has 1 aliphatic carbocycles. The Morgan fingerprint density at radius 2 is 1.81 bits per heavy atom. The summed E-state index contributed by atoms with van der Waals surface area (Å²) in [5.41, 5.74) is 8.19.